The molecule has 0 saturated carbocycles. The number of rotatable bonds is 6. The predicted octanol–water partition coefficient (Wildman–Crippen LogP) is 3.66. The molecule has 0 radical (unpaired) electrons. The summed E-state index contributed by atoms with van der Waals surface area (Å²) in [5, 5.41) is 3.47. The van der Waals surface area contributed by atoms with Crippen molar-refractivity contribution in [3.05, 3.63) is 28.5 Å². The van der Waals surface area contributed by atoms with E-state index in [4.69, 9.17) is 0 Å². The van der Waals surface area contributed by atoms with Crippen molar-refractivity contribution < 1.29 is 0 Å². The van der Waals surface area contributed by atoms with Crippen molar-refractivity contribution >= 4 is 15.9 Å². The number of nitrogens with one attached hydrogen (secondary N) is 1. The molecule has 2 nitrogen and oxygen atoms in total. The Kier molecular flexibility index (Phi) is 5.60. The van der Waals surface area contributed by atoms with Crippen LogP contribution in [0.15, 0.2) is 22.9 Å². The van der Waals surface area contributed by atoms with Crippen LogP contribution in [0, 0.1) is 11.3 Å². The van der Waals surface area contributed by atoms with Crippen LogP contribution in [-0.4, -0.2) is 18.1 Å². The maximum Gasteiger partial charge on any atom is 0.0410 e. The van der Waals surface area contributed by atoms with Crippen molar-refractivity contribution in [2.24, 2.45) is 11.3 Å². The molecule has 96 valence electrons. The zero-order chi connectivity index (χ0) is 12.9. The second-order valence-electron chi connectivity index (χ2n) is 5.28. The van der Waals surface area contributed by atoms with Gasteiger partial charge >= 0.3 is 0 Å². The summed E-state index contributed by atoms with van der Waals surface area (Å²) >= 11 is 3.48. The van der Waals surface area contributed by atoms with E-state index in [2.05, 4.69) is 60.0 Å². The topological polar surface area (TPSA) is 24.9 Å². The summed E-state index contributed by atoms with van der Waals surface area (Å²) in [5.74, 6) is 0.639. The monoisotopic (exact) mass is 298 g/mol. The van der Waals surface area contributed by atoms with Crippen LogP contribution < -0.4 is 5.32 Å². The summed E-state index contributed by atoms with van der Waals surface area (Å²) in [5.41, 5.74) is 1.58. The van der Waals surface area contributed by atoms with Gasteiger partial charge in [-0.25, -0.2) is 0 Å². The highest BCUT2D eigenvalue weighted by Crippen LogP contribution is 2.31. The summed E-state index contributed by atoms with van der Waals surface area (Å²) in [6.45, 7) is 11.2. The van der Waals surface area contributed by atoms with E-state index in [1.165, 1.54) is 5.56 Å². The standard InChI is InChI=1S/C14H23BrN2/c1-5-16-10-14(4,11(2)3)7-12-6-13(15)9-17-8-12/h6,8-9,11,16H,5,7,10H2,1-4H3. The number of hydrogen-bond donors (Lipinski definition) is 1. The molecule has 1 aromatic rings. The predicted molar refractivity (Wildman–Crippen MR) is 77.1 cm³/mol. The Balaban J connectivity index is 2.79. The molecule has 0 aliphatic heterocycles. The minimum Gasteiger partial charge on any atom is -0.316 e. The van der Waals surface area contributed by atoms with Crippen molar-refractivity contribution in [3.8, 4) is 0 Å². The largest absolute Gasteiger partial charge is 0.316 e. The number of nitrogens with zero attached hydrogens (tertiary/aromatic N) is 1. The number of pyridine rings is 1. The molecular formula is C14H23BrN2. The molecule has 0 spiro atoms. The molecular weight excluding hydrogens is 276 g/mol. The van der Waals surface area contributed by atoms with Crippen molar-refractivity contribution in [3.63, 3.8) is 0 Å². The lowest BCUT2D eigenvalue weighted by Gasteiger charge is -2.34. The second-order valence-corrected chi connectivity index (χ2v) is 6.19. The van der Waals surface area contributed by atoms with Gasteiger partial charge in [-0.15, -0.1) is 0 Å². The third-order valence-electron chi connectivity index (χ3n) is 3.54. The highest BCUT2D eigenvalue weighted by molar-refractivity contribution is 9.10. The summed E-state index contributed by atoms with van der Waals surface area (Å²) < 4.78 is 1.06. The van der Waals surface area contributed by atoms with Gasteiger partial charge in [0.15, 0.2) is 0 Å². The van der Waals surface area contributed by atoms with E-state index in [9.17, 15) is 0 Å². The zero-order valence-electron chi connectivity index (χ0n) is 11.3. The van der Waals surface area contributed by atoms with Gasteiger partial charge in [0.25, 0.3) is 0 Å². The van der Waals surface area contributed by atoms with Crippen LogP contribution in [0.5, 0.6) is 0 Å². The van der Waals surface area contributed by atoms with Gasteiger partial charge in [-0.3, -0.25) is 4.98 Å². The van der Waals surface area contributed by atoms with Gasteiger partial charge in [0, 0.05) is 23.4 Å². The average molecular weight is 299 g/mol. The Morgan fingerprint density at radius 2 is 2.12 bits per heavy atom. The lowest BCUT2D eigenvalue weighted by molar-refractivity contribution is 0.208. The van der Waals surface area contributed by atoms with Crippen molar-refractivity contribution in [1.82, 2.24) is 10.3 Å². The molecule has 1 atom stereocenters. The number of halogens is 1. The lowest BCUT2D eigenvalue weighted by atomic mass is 9.74. The van der Waals surface area contributed by atoms with Crippen molar-refractivity contribution in [2.45, 2.75) is 34.1 Å². The third kappa shape index (κ3) is 4.40. The first-order valence-electron chi connectivity index (χ1n) is 6.28. The van der Waals surface area contributed by atoms with Crippen LogP contribution in [0.1, 0.15) is 33.3 Å². The Labute approximate surface area is 113 Å². The number of hydrogen-bond acceptors (Lipinski definition) is 2. The maximum absolute atomic E-state index is 4.24. The Morgan fingerprint density at radius 1 is 1.41 bits per heavy atom. The van der Waals surface area contributed by atoms with Gasteiger partial charge < -0.3 is 5.32 Å². The maximum atomic E-state index is 4.24. The molecule has 3 heteroatoms. The fourth-order valence-corrected chi connectivity index (χ4v) is 2.31. The van der Waals surface area contributed by atoms with Gasteiger partial charge in [0.05, 0.1) is 0 Å². The highest BCUT2D eigenvalue weighted by Gasteiger charge is 2.28. The van der Waals surface area contributed by atoms with E-state index in [1.54, 1.807) is 0 Å². The van der Waals surface area contributed by atoms with Gasteiger partial charge in [-0.1, -0.05) is 27.7 Å². The lowest BCUT2D eigenvalue weighted by Crippen LogP contribution is -2.37. The van der Waals surface area contributed by atoms with Crippen LogP contribution >= 0.6 is 15.9 Å². The summed E-state index contributed by atoms with van der Waals surface area (Å²) in [6.07, 6.45) is 4.86. The summed E-state index contributed by atoms with van der Waals surface area (Å²) in [4.78, 5) is 4.24. The van der Waals surface area contributed by atoms with E-state index in [-0.39, 0.29) is 5.41 Å². The SMILES string of the molecule is CCNCC(C)(Cc1cncc(Br)c1)C(C)C. The highest BCUT2D eigenvalue weighted by atomic mass is 79.9. The molecule has 1 N–H and O–H groups in total. The van der Waals surface area contributed by atoms with Gasteiger partial charge in [0.2, 0.25) is 0 Å². The molecule has 0 amide bonds. The molecule has 0 bridgehead atoms. The minimum atomic E-state index is 0.276. The van der Waals surface area contributed by atoms with Crippen LogP contribution in [0.4, 0.5) is 0 Å². The molecule has 1 heterocycles. The van der Waals surface area contributed by atoms with E-state index in [1.807, 2.05) is 12.4 Å². The number of aromatic nitrogens is 1. The van der Waals surface area contributed by atoms with Crippen LogP contribution in [0.2, 0.25) is 0 Å². The van der Waals surface area contributed by atoms with Gasteiger partial charge in [-0.2, -0.15) is 0 Å². The normalized spacial score (nSPS) is 14.9. The first-order valence-corrected chi connectivity index (χ1v) is 7.07. The zero-order valence-corrected chi connectivity index (χ0v) is 12.8. The molecule has 0 aliphatic rings. The molecule has 0 saturated heterocycles. The Hall–Kier alpha value is -0.410. The average Bonchev–Trinajstić information content (AvgIpc) is 2.26. The Morgan fingerprint density at radius 3 is 2.65 bits per heavy atom. The molecule has 0 aliphatic carbocycles. The molecule has 1 unspecified atom stereocenters. The van der Waals surface area contributed by atoms with E-state index < -0.39 is 0 Å². The third-order valence-corrected chi connectivity index (χ3v) is 3.98. The summed E-state index contributed by atoms with van der Waals surface area (Å²) in [6, 6.07) is 2.17. The van der Waals surface area contributed by atoms with E-state index in [0.717, 1.165) is 24.0 Å². The van der Waals surface area contributed by atoms with Gasteiger partial charge in [-0.05, 0) is 51.9 Å². The fraction of sp³-hybridized carbons (Fsp3) is 0.643. The first kappa shape index (κ1) is 14.7. The second kappa shape index (κ2) is 6.50. The molecule has 0 fully saturated rings. The van der Waals surface area contributed by atoms with Gasteiger partial charge in [0.1, 0.15) is 0 Å². The molecule has 1 aromatic heterocycles. The van der Waals surface area contributed by atoms with Crippen molar-refractivity contribution in [1.29, 1.82) is 0 Å². The smallest absolute Gasteiger partial charge is 0.0410 e. The molecule has 17 heavy (non-hydrogen) atoms. The van der Waals surface area contributed by atoms with Crippen molar-refractivity contribution in [2.75, 3.05) is 13.1 Å². The quantitative estimate of drug-likeness (QED) is 0.867. The Bertz CT molecular complexity index is 352. The van der Waals surface area contributed by atoms with E-state index >= 15 is 0 Å². The molecule has 1 rings (SSSR count). The van der Waals surface area contributed by atoms with Crippen LogP contribution in [0.25, 0.3) is 0 Å². The molecule has 0 aromatic carbocycles. The fourth-order valence-electron chi connectivity index (χ4n) is 1.90. The first-order chi connectivity index (χ1) is 7.98. The minimum absolute atomic E-state index is 0.276. The summed E-state index contributed by atoms with van der Waals surface area (Å²) in [7, 11) is 0. The van der Waals surface area contributed by atoms with Crippen LogP contribution in [-0.2, 0) is 6.42 Å². The van der Waals surface area contributed by atoms with Crippen LogP contribution in [0.3, 0.4) is 0 Å². The van der Waals surface area contributed by atoms with E-state index in [0.29, 0.717) is 5.92 Å².